The maximum Gasteiger partial charge on any atom is 0.253 e. The number of thiophene rings is 1. The van der Waals surface area contributed by atoms with Gasteiger partial charge in [-0.3, -0.25) is 14.4 Å². The Morgan fingerprint density at radius 1 is 1.12 bits per heavy atom. The van der Waals surface area contributed by atoms with Crippen LogP contribution in [0.5, 0.6) is 0 Å². The molecule has 166 valence electrons. The fourth-order valence-corrected chi connectivity index (χ4v) is 4.31. The topological polar surface area (TPSA) is 96.3 Å². The number of carbonyl (C=O) groups excluding carboxylic acids is 3. The molecule has 0 spiro atoms. The number of amides is 3. The van der Waals surface area contributed by atoms with E-state index in [4.69, 9.17) is 0 Å². The van der Waals surface area contributed by atoms with Crippen LogP contribution in [0, 0.1) is 0 Å². The molecule has 0 atom stereocenters. The van der Waals surface area contributed by atoms with Crippen LogP contribution in [-0.4, -0.2) is 51.3 Å². The third-order valence-corrected chi connectivity index (χ3v) is 6.13. The quantitative estimate of drug-likeness (QED) is 0.577. The van der Waals surface area contributed by atoms with Gasteiger partial charge in [0.2, 0.25) is 5.91 Å². The summed E-state index contributed by atoms with van der Waals surface area (Å²) in [5, 5.41) is 9.62. The summed E-state index contributed by atoms with van der Waals surface area (Å²) < 4.78 is 1.84. The molecule has 1 aromatic carbocycles. The minimum Gasteiger partial charge on any atom is -0.349 e. The minimum atomic E-state index is -0.120. The number of nitrogens with one attached hydrogen (secondary N) is 2. The van der Waals surface area contributed by atoms with Crippen molar-refractivity contribution in [3.05, 3.63) is 70.9 Å². The molecule has 4 rings (SSSR count). The van der Waals surface area contributed by atoms with Gasteiger partial charge in [-0.2, -0.15) is 11.3 Å². The molecule has 2 N–H and O–H groups in total. The molecule has 0 unspecified atom stereocenters. The van der Waals surface area contributed by atoms with Gasteiger partial charge in [0.15, 0.2) is 0 Å². The smallest absolute Gasteiger partial charge is 0.253 e. The van der Waals surface area contributed by atoms with Crippen molar-refractivity contribution in [1.29, 1.82) is 0 Å². The van der Waals surface area contributed by atoms with E-state index in [1.165, 1.54) is 11.3 Å². The van der Waals surface area contributed by atoms with Gasteiger partial charge in [-0.25, -0.2) is 4.98 Å². The first-order valence-electron chi connectivity index (χ1n) is 10.6. The molecule has 3 amide bonds. The van der Waals surface area contributed by atoms with Crippen LogP contribution in [-0.2, 0) is 11.3 Å². The molecule has 9 heteroatoms. The monoisotopic (exact) mass is 451 g/mol. The Kier molecular flexibility index (Phi) is 6.96. The van der Waals surface area contributed by atoms with Gasteiger partial charge in [-0.05, 0) is 42.5 Å². The van der Waals surface area contributed by atoms with Gasteiger partial charge in [0, 0.05) is 66.7 Å². The van der Waals surface area contributed by atoms with Gasteiger partial charge in [-0.15, -0.1) is 0 Å². The van der Waals surface area contributed by atoms with Crippen LogP contribution in [0.2, 0.25) is 0 Å². The number of hydrogen-bond acceptors (Lipinski definition) is 5. The van der Waals surface area contributed by atoms with Crippen LogP contribution in [0.15, 0.2) is 59.8 Å². The number of nitrogens with zero attached hydrogens (tertiary/aromatic N) is 3. The fourth-order valence-electron chi connectivity index (χ4n) is 3.68. The molecule has 0 saturated carbocycles. The molecule has 1 fully saturated rings. The summed E-state index contributed by atoms with van der Waals surface area (Å²) in [5.41, 5.74) is 1.82. The van der Waals surface area contributed by atoms with Crippen molar-refractivity contribution < 1.29 is 14.4 Å². The maximum absolute atomic E-state index is 13.0. The van der Waals surface area contributed by atoms with Crippen molar-refractivity contribution in [2.24, 2.45) is 0 Å². The van der Waals surface area contributed by atoms with E-state index in [0.29, 0.717) is 55.7 Å². The molecule has 8 nitrogen and oxygen atoms in total. The van der Waals surface area contributed by atoms with Crippen LogP contribution < -0.4 is 10.6 Å². The van der Waals surface area contributed by atoms with Gasteiger partial charge in [-0.1, -0.05) is 6.07 Å². The molecule has 1 aliphatic heterocycles. The molecular formula is C23H25N5O3S. The highest BCUT2D eigenvalue weighted by Gasteiger charge is 2.25. The molecule has 0 radical (unpaired) electrons. The van der Waals surface area contributed by atoms with Crippen LogP contribution >= 0.6 is 11.3 Å². The predicted molar refractivity (Wildman–Crippen MR) is 123 cm³/mol. The van der Waals surface area contributed by atoms with Gasteiger partial charge < -0.3 is 20.1 Å². The molecule has 1 aliphatic rings. The molecule has 0 aliphatic carbocycles. The lowest BCUT2D eigenvalue weighted by Gasteiger charge is -2.32. The lowest BCUT2D eigenvalue weighted by atomic mass is 10.0. The Morgan fingerprint density at radius 3 is 2.69 bits per heavy atom. The molecule has 1 saturated heterocycles. The average Bonchev–Trinajstić information content (AvgIpc) is 3.52. The Bertz CT molecular complexity index is 1060. The summed E-state index contributed by atoms with van der Waals surface area (Å²) >= 11 is 1.49. The zero-order valence-corrected chi connectivity index (χ0v) is 18.4. The van der Waals surface area contributed by atoms with Crippen molar-refractivity contribution in [3.8, 4) is 0 Å². The SMILES string of the molecule is O=C(CCn1ccnc1)Nc1cccc(C(=O)N2CCC(NC(=O)c3ccsc3)CC2)c1. The number of imidazole rings is 1. The van der Waals surface area contributed by atoms with Crippen LogP contribution in [0.3, 0.4) is 0 Å². The summed E-state index contributed by atoms with van der Waals surface area (Å²) in [5.74, 6) is -0.250. The summed E-state index contributed by atoms with van der Waals surface area (Å²) in [4.78, 5) is 43.2. The third-order valence-electron chi connectivity index (χ3n) is 5.45. The standard InChI is InChI=1S/C23H25N5O3S/c29-21(6-9-27-12-8-24-16-27)25-20-3-1-2-17(14-20)23(31)28-10-4-19(5-11-28)26-22(30)18-7-13-32-15-18/h1-3,7-8,12-16,19H,4-6,9-11H2,(H,25,29)(H,26,30). The lowest BCUT2D eigenvalue weighted by molar-refractivity contribution is -0.116. The van der Waals surface area contributed by atoms with Crippen molar-refractivity contribution in [2.75, 3.05) is 18.4 Å². The highest BCUT2D eigenvalue weighted by Crippen LogP contribution is 2.18. The molecule has 0 bridgehead atoms. The van der Waals surface area contributed by atoms with Crippen molar-refractivity contribution in [1.82, 2.24) is 19.8 Å². The Balaban J connectivity index is 1.27. The van der Waals surface area contributed by atoms with E-state index in [1.54, 1.807) is 41.7 Å². The number of aromatic nitrogens is 2. The van der Waals surface area contributed by atoms with E-state index < -0.39 is 0 Å². The van der Waals surface area contributed by atoms with Crippen LogP contribution in [0.25, 0.3) is 0 Å². The predicted octanol–water partition coefficient (Wildman–Crippen LogP) is 3.01. The molecular weight excluding hydrogens is 426 g/mol. The zero-order chi connectivity index (χ0) is 22.3. The molecule has 3 heterocycles. The van der Waals surface area contributed by atoms with E-state index >= 15 is 0 Å². The summed E-state index contributed by atoms with van der Waals surface area (Å²) in [6.07, 6.45) is 6.90. The maximum atomic E-state index is 13.0. The highest BCUT2D eigenvalue weighted by molar-refractivity contribution is 7.08. The van der Waals surface area contributed by atoms with E-state index in [0.717, 1.165) is 0 Å². The summed E-state index contributed by atoms with van der Waals surface area (Å²) in [6, 6.07) is 8.88. The first-order valence-corrected chi connectivity index (χ1v) is 11.5. The first-order chi connectivity index (χ1) is 15.6. The van der Waals surface area contributed by atoms with Crippen molar-refractivity contribution in [3.63, 3.8) is 0 Å². The van der Waals surface area contributed by atoms with Crippen molar-refractivity contribution in [2.45, 2.75) is 31.8 Å². The number of benzene rings is 1. The van der Waals surface area contributed by atoms with Gasteiger partial charge in [0.1, 0.15) is 0 Å². The first kappa shape index (κ1) is 21.8. The molecule has 3 aromatic rings. The normalized spacial score (nSPS) is 14.2. The number of anilines is 1. The lowest BCUT2D eigenvalue weighted by Crippen LogP contribution is -2.46. The number of hydrogen-bond donors (Lipinski definition) is 2. The van der Waals surface area contributed by atoms with Gasteiger partial charge in [0.25, 0.3) is 11.8 Å². The van der Waals surface area contributed by atoms with Crippen LogP contribution in [0.4, 0.5) is 5.69 Å². The summed E-state index contributed by atoms with van der Waals surface area (Å²) in [7, 11) is 0. The molecule has 32 heavy (non-hydrogen) atoms. The van der Waals surface area contributed by atoms with E-state index in [1.807, 2.05) is 27.6 Å². The second-order valence-electron chi connectivity index (χ2n) is 7.73. The zero-order valence-electron chi connectivity index (χ0n) is 17.6. The number of rotatable bonds is 7. The largest absolute Gasteiger partial charge is 0.349 e. The third kappa shape index (κ3) is 5.61. The number of aryl methyl sites for hydroxylation is 1. The minimum absolute atomic E-state index is 0.0625. The van der Waals surface area contributed by atoms with E-state index in [-0.39, 0.29) is 23.8 Å². The number of likely N-dealkylation sites (tertiary alicyclic amines) is 1. The second-order valence-corrected chi connectivity index (χ2v) is 8.51. The number of carbonyl (C=O) groups is 3. The average molecular weight is 452 g/mol. The molecule has 2 aromatic heterocycles. The Hall–Kier alpha value is -3.46. The van der Waals surface area contributed by atoms with Gasteiger partial charge in [0.05, 0.1) is 6.33 Å². The van der Waals surface area contributed by atoms with E-state index in [2.05, 4.69) is 15.6 Å². The second kappa shape index (κ2) is 10.2. The van der Waals surface area contributed by atoms with Crippen LogP contribution in [0.1, 0.15) is 40.0 Å². The van der Waals surface area contributed by atoms with Gasteiger partial charge >= 0.3 is 0 Å². The Labute approximate surface area is 190 Å². The fraction of sp³-hybridized carbons (Fsp3) is 0.304. The summed E-state index contributed by atoms with van der Waals surface area (Å²) in [6.45, 7) is 1.70. The number of piperidine rings is 1. The van der Waals surface area contributed by atoms with E-state index in [9.17, 15) is 14.4 Å². The Morgan fingerprint density at radius 2 is 1.97 bits per heavy atom. The van der Waals surface area contributed by atoms with Crippen molar-refractivity contribution >= 4 is 34.7 Å². The highest BCUT2D eigenvalue weighted by atomic mass is 32.1.